The van der Waals surface area contributed by atoms with Crippen molar-refractivity contribution in [2.45, 2.75) is 23.8 Å². The van der Waals surface area contributed by atoms with Crippen LogP contribution < -0.4 is 14.8 Å². The largest absolute Gasteiger partial charge is 0.497 e. The lowest BCUT2D eigenvalue weighted by molar-refractivity contribution is -0.119. The van der Waals surface area contributed by atoms with Crippen molar-refractivity contribution >= 4 is 33.2 Å². The van der Waals surface area contributed by atoms with Crippen LogP contribution in [0.25, 0.3) is 0 Å². The zero-order valence-corrected chi connectivity index (χ0v) is 17.1. The van der Waals surface area contributed by atoms with Crippen molar-refractivity contribution in [1.29, 1.82) is 0 Å². The van der Waals surface area contributed by atoms with Gasteiger partial charge < -0.3 is 14.8 Å². The number of halogens is 1. The van der Waals surface area contributed by atoms with E-state index < -0.39 is 22.0 Å². The van der Waals surface area contributed by atoms with E-state index in [4.69, 9.17) is 21.1 Å². The van der Waals surface area contributed by atoms with Crippen LogP contribution in [-0.4, -0.2) is 45.4 Å². The Morgan fingerprint density at radius 3 is 2.50 bits per heavy atom. The Bertz CT molecular complexity index is 963. The molecule has 1 aliphatic rings. The van der Waals surface area contributed by atoms with E-state index in [1.165, 1.54) is 42.8 Å². The van der Waals surface area contributed by atoms with Crippen molar-refractivity contribution in [2.75, 3.05) is 26.1 Å². The molecule has 150 valence electrons. The molecular weight excluding hydrogens is 404 g/mol. The molecule has 9 heteroatoms. The summed E-state index contributed by atoms with van der Waals surface area (Å²) < 4.78 is 37.7. The molecule has 1 amide bonds. The highest BCUT2D eigenvalue weighted by molar-refractivity contribution is 7.89. The molecule has 1 fully saturated rings. The fourth-order valence-corrected chi connectivity index (χ4v) is 4.94. The number of ether oxygens (including phenoxy) is 2. The first kappa shape index (κ1) is 20.4. The van der Waals surface area contributed by atoms with Crippen LogP contribution in [0.5, 0.6) is 11.5 Å². The number of rotatable bonds is 6. The summed E-state index contributed by atoms with van der Waals surface area (Å²) in [5.74, 6) is 0.592. The van der Waals surface area contributed by atoms with Gasteiger partial charge in [-0.1, -0.05) is 11.6 Å². The van der Waals surface area contributed by atoms with Crippen molar-refractivity contribution in [3.8, 4) is 11.5 Å². The first-order valence-corrected chi connectivity index (χ1v) is 10.5. The Labute approximate surface area is 169 Å². The standard InChI is InChI=1S/C19H21ClN2O5S/c1-26-14-7-10-18(27-2)16(12-14)21-19(23)17-4-3-11-22(17)28(24,25)15-8-5-13(20)6-9-15/h5-10,12,17H,3-4,11H2,1-2H3,(H,21,23)/t17-/m0/s1. The lowest BCUT2D eigenvalue weighted by Crippen LogP contribution is -2.43. The summed E-state index contributed by atoms with van der Waals surface area (Å²) in [6, 6.07) is 10.1. The molecule has 1 heterocycles. The summed E-state index contributed by atoms with van der Waals surface area (Å²) in [4.78, 5) is 13.0. The van der Waals surface area contributed by atoms with E-state index in [9.17, 15) is 13.2 Å². The second-order valence-corrected chi connectivity index (χ2v) is 8.61. The monoisotopic (exact) mass is 424 g/mol. The van der Waals surface area contributed by atoms with Gasteiger partial charge in [-0.25, -0.2) is 8.42 Å². The molecule has 0 unspecified atom stereocenters. The lowest BCUT2D eigenvalue weighted by Gasteiger charge is -2.24. The van der Waals surface area contributed by atoms with Gasteiger partial charge in [0.25, 0.3) is 0 Å². The maximum atomic E-state index is 13.0. The molecule has 28 heavy (non-hydrogen) atoms. The molecule has 0 spiro atoms. The second-order valence-electron chi connectivity index (χ2n) is 6.28. The van der Waals surface area contributed by atoms with Gasteiger partial charge in [0.2, 0.25) is 15.9 Å². The molecule has 0 aromatic heterocycles. The molecular formula is C19H21ClN2O5S. The van der Waals surface area contributed by atoms with Crippen molar-refractivity contribution in [3.05, 3.63) is 47.5 Å². The fraction of sp³-hybridized carbons (Fsp3) is 0.316. The first-order chi connectivity index (χ1) is 13.4. The van der Waals surface area contributed by atoms with Crippen LogP contribution in [0.15, 0.2) is 47.4 Å². The van der Waals surface area contributed by atoms with Gasteiger partial charge in [-0.3, -0.25) is 4.79 Å². The van der Waals surface area contributed by atoms with Crippen molar-refractivity contribution in [2.24, 2.45) is 0 Å². The minimum atomic E-state index is -3.81. The third-order valence-electron chi connectivity index (χ3n) is 4.59. The molecule has 1 aliphatic heterocycles. The molecule has 0 bridgehead atoms. The number of hydrogen-bond acceptors (Lipinski definition) is 5. The number of carbonyl (C=O) groups excluding carboxylic acids is 1. The molecule has 0 radical (unpaired) electrons. The lowest BCUT2D eigenvalue weighted by atomic mass is 10.2. The van der Waals surface area contributed by atoms with Gasteiger partial charge in [0, 0.05) is 17.6 Å². The summed E-state index contributed by atoms with van der Waals surface area (Å²) in [5.41, 5.74) is 0.419. The highest BCUT2D eigenvalue weighted by atomic mass is 35.5. The van der Waals surface area contributed by atoms with Gasteiger partial charge in [0.1, 0.15) is 17.5 Å². The fourth-order valence-electron chi connectivity index (χ4n) is 3.16. The smallest absolute Gasteiger partial charge is 0.243 e. The number of nitrogens with zero attached hydrogens (tertiary/aromatic N) is 1. The Hall–Kier alpha value is -2.29. The summed E-state index contributed by atoms with van der Waals surface area (Å²) >= 11 is 5.85. The number of methoxy groups -OCH3 is 2. The molecule has 1 atom stereocenters. The van der Waals surface area contributed by atoms with Crippen molar-refractivity contribution in [3.63, 3.8) is 0 Å². The highest BCUT2D eigenvalue weighted by Gasteiger charge is 2.39. The molecule has 0 saturated carbocycles. The number of nitrogens with one attached hydrogen (secondary N) is 1. The van der Waals surface area contributed by atoms with Gasteiger partial charge in [0.05, 0.1) is 24.8 Å². The zero-order valence-electron chi connectivity index (χ0n) is 15.5. The molecule has 3 rings (SSSR count). The Balaban J connectivity index is 1.85. The Kier molecular flexibility index (Phi) is 6.12. The van der Waals surface area contributed by atoms with E-state index >= 15 is 0 Å². The van der Waals surface area contributed by atoms with E-state index in [2.05, 4.69) is 5.32 Å². The highest BCUT2D eigenvalue weighted by Crippen LogP contribution is 2.31. The minimum Gasteiger partial charge on any atom is -0.497 e. The molecule has 2 aromatic carbocycles. The van der Waals surface area contributed by atoms with Crippen LogP contribution in [0.2, 0.25) is 5.02 Å². The van der Waals surface area contributed by atoms with E-state index in [-0.39, 0.29) is 11.4 Å². The van der Waals surface area contributed by atoms with Crippen LogP contribution in [0.3, 0.4) is 0 Å². The van der Waals surface area contributed by atoms with Gasteiger partial charge in [-0.05, 0) is 49.2 Å². The minimum absolute atomic E-state index is 0.107. The first-order valence-electron chi connectivity index (χ1n) is 8.67. The predicted molar refractivity (Wildman–Crippen MR) is 107 cm³/mol. The van der Waals surface area contributed by atoms with E-state index in [0.717, 1.165) is 0 Å². The molecule has 1 saturated heterocycles. The van der Waals surface area contributed by atoms with Gasteiger partial charge in [-0.2, -0.15) is 4.31 Å². The van der Waals surface area contributed by atoms with Crippen LogP contribution in [-0.2, 0) is 14.8 Å². The van der Waals surface area contributed by atoms with Crippen LogP contribution >= 0.6 is 11.6 Å². The third kappa shape index (κ3) is 4.09. The summed E-state index contributed by atoms with van der Waals surface area (Å²) in [7, 11) is -0.803. The number of sulfonamides is 1. The number of carbonyl (C=O) groups is 1. The number of hydrogen-bond donors (Lipinski definition) is 1. The summed E-state index contributed by atoms with van der Waals surface area (Å²) in [5, 5.41) is 3.21. The Morgan fingerprint density at radius 1 is 1.14 bits per heavy atom. The zero-order chi connectivity index (χ0) is 20.3. The van der Waals surface area contributed by atoms with Gasteiger partial charge >= 0.3 is 0 Å². The quantitative estimate of drug-likeness (QED) is 0.769. The second kappa shape index (κ2) is 8.38. The van der Waals surface area contributed by atoms with E-state index in [1.54, 1.807) is 18.2 Å². The topological polar surface area (TPSA) is 84.9 Å². The predicted octanol–water partition coefficient (Wildman–Crippen LogP) is 3.15. The molecule has 7 nitrogen and oxygen atoms in total. The molecule has 2 aromatic rings. The summed E-state index contributed by atoms with van der Waals surface area (Å²) in [6.45, 7) is 0.276. The maximum Gasteiger partial charge on any atom is 0.243 e. The van der Waals surface area contributed by atoms with Gasteiger partial charge in [-0.15, -0.1) is 0 Å². The number of anilines is 1. The maximum absolute atomic E-state index is 13.0. The average molecular weight is 425 g/mol. The van der Waals surface area contributed by atoms with Crippen LogP contribution in [0.4, 0.5) is 5.69 Å². The van der Waals surface area contributed by atoms with E-state index in [1.807, 2.05) is 0 Å². The molecule has 0 aliphatic carbocycles. The normalized spacial score (nSPS) is 17.3. The number of amides is 1. The molecule has 1 N–H and O–H groups in total. The number of benzene rings is 2. The summed E-state index contributed by atoms with van der Waals surface area (Å²) in [6.07, 6.45) is 1.03. The Morgan fingerprint density at radius 2 is 1.86 bits per heavy atom. The van der Waals surface area contributed by atoms with Crippen molar-refractivity contribution in [1.82, 2.24) is 4.31 Å². The van der Waals surface area contributed by atoms with Crippen LogP contribution in [0, 0.1) is 0 Å². The average Bonchev–Trinajstić information content (AvgIpc) is 3.19. The van der Waals surface area contributed by atoms with Gasteiger partial charge in [0.15, 0.2) is 0 Å². The third-order valence-corrected chi connectivity index (χ3v) is 6.77. The van der Waals surface area contributed by atoms with E-state index in [0.29, 0.717) is 35.1 Å². The van der Waals surface area contributed by atoms with Crippen molar-refractivity contribution < 1.29 is 22.7 Å². The van der Waals surface area contributed by atoms with Crippen LogP contribution in [0.1, 0.15) is 12.8 Å². The SMILES string of the molecule is COc1ccc(OC)c(NC(=O)[C@@H]2CCCN2S(=O)(=O)c2ccc(Cl)cc2)c1.